The second-order valence-electron chi connectivity index (χ2n) is 2.86. The summed E-state index contributed by atoms with van der Waals surface area (Å²) in [6.07, 6.45) is -4.62. The van der Waals surface area contributed by atoms with Crippen LogP contribution in [0.25, 0.3) is 0 Å². The van der Waals surface area contributed by atoms with E-state index in [9.17, 15) is 18.0 Å². The average Bonchev–Trinajstić information content (AvgIpc) is 2.16. The highest BCUT2D eigenvalue weighted by Crippen LogP contribution is 2.34. The van der Waals surface area contributed by atoms with E-state index < -0.39 is 23.2 Å². The lowest BCUT2D eigenvalue weighted by Gasteiger charge is -2.13. The van der Waals surface area contributed by atoms with E-state index in [4.69, 9.17) is 11.6 Å². The van der Waals surface area contributed by atoms with E-state index in [1.807, 2.05) is 5.43 Å². The highest BCUT2D eigenvalue weighted by atomic mass is 35.5. The number of hydrogen-bond acceptors (Lipinski definition) is 2. The van der Waals surface area contributed by atoms with Crippen LogP contribution in [0.3, 0.4) is 0 Å². The molecule has 0 saturated heterocycles. The first-order valence-corrected chi connectivity index (χ1v) is 4.58. The molecule has 1 amide bonds. The Hall–Kier alpha value is -1.27. The van der Waals surface area contributed by atoms with Crippen molar-refractivity contribution in [3.8, 4) is 0 Å². The number of alkyl halides is 3. The molecule has 0 spiro atoms. The van der Waals surface area contributed by atoms with Crippen LogP contribution in [0.1, 0.15) is 15.9 Å². The van der Waals surface area contributed by atoms with E-state index in [0.717, 1.165) is 12.1 Å². The molecule has 0 atom stereocenters. The van der Waals surface area contributed by atoms with Crippen molar-refractivity contribution in [3.05, 3.63) is 34.3 Å². The van der Waals surface area contributed by atoms with Gasteiger partial charge in [-0.2, -0.15) is 13.2 Å². The molecule has 0 aliphatic carbocycles. The van der Waals surface area contributed by atoms with Gasteiger partial charge in [-0.1, -0.05) is 17.7 Å². The van der Waals surface area contributed by atoms with Crippen molar-refractivity contribution < 1.29 is 18.0 Å². The molecule has 1 aromatic carbocycles. The van der Waals surface area contributed by atoms with Crippen LogP contribution >= 0.6 is 11.6 Å². The van der Waals surface area contributed by atoms with Crippen molar-refractivity contribution in [2.24, 2.45) is 0 Å². The summed E-state index contributed by atoms with van der Waals surface area (Å²) in [7, 11) is 1.36. The summed E-state index contributed by atoms with van der Waals surface area (Å²) in [5.41, 5.74) is 2.63. The first-order valence-electron chi connectivity index (χ1n) is 4.20. The summed E-state index contributed by atoms with van der Waals surface area (Å²) >= 11 is 5.58. The smallest absolute Gasteiger partial charge is 0.288 e. The molecule has 16 heavy (non-hydrogen) atoms. The molecule has 0 aliphatic rings. The van der Waals surface area contributed by atoms with Gasteiger partial charge in [-0.05, 0) is 12.1 Å². The van der Waals surface area contributed by atoms with Crippen LogP contribution < -0.4 is 10.9 Å². The number of rotatable bonds is 2. The summed E-state index contributed by atoms with van der Waals surface area (Å²) in [5, 5.41) is -0.248. The van der Waals surface area contributed by atoms with Gasteiger partial charge in [0.2, 0.25) is 0 Å². The van der Waals surface area contributed by atoms with E-state index in [-0.39, 0.29) is 5.02 Å². The van der Waals surface area contributed by atoms with Gasteiger partial charge in [-0.15, -0.1) is 0 Å². The van der Waals surface area contributed by atoms with Crippen molar-refractivity contribution in [2.45, 2.75) is 6.18 Å². The van der Waals surface area contributed by atoms with Gasteiger partial charge >= 0.3 is 6.18 Å². The molecule has 0 saturated carbocycles. The van der Waals surface area contributed by atoms with E-state index in [1.165, 1.54) is 13.1 Å². The zero-order valence-electron chi connectivity index (χ0n) is 8.15. The van der Waals surface area contributed by atoms with Gasteiger partial charge in [0.25, 0.3) is 5.91 Å². The topological polar surface area (TPSA) is 41.1 Å². The second-order valence-corrected chi connectivity index (χ2v) is 3.27. The van der Waals surface area contributed by atoms with Crippen LogP contribution in [-0.4, -0.2) is 13.0 Å². The third kappa shape index (κ3) is 2.65. The summed E-state index contributed by atoms with van der Waals surface area (Å²) in [6.45, 7) is 0. The quantitative estimate of drug-likeness (QED) is 0.793. The number of amides is 1. The second kappa shape index (κ2) is 4.71. The molecule has 0 unspecified atom stereocenters. The van der Waals surface area contributed by atoms with Crippen molar-refractivity contribution >= 4 is 17.5 Å². The molecular formula is C9H8ClF3N2O. The minimum absolute atomic E-state index is 0.248. The molecule has 0 radical (unpaired) electrons. The zero-order valence-corrected chi connectivity index (χ0v) is 8.91. The monoisotopic (exact) mass is 252 g/mol. The summed E-state index contributed by atoms with van der Waals surface area (Å²) < 4.78 is 37.7. The number of hydrogen-bond donors (Lipinski definition) is 2. The Morgan fingerprint density at radius 1 is 1.38 bits per heavy atom. The predicted octanol–water partition coefficient (Wildman–Crippen LogP) is 2.22. The molecular weight excluding hydrogens is 245 g/mol. The van der Waals surface area contributed by atoms with Crippen molar-refractivity contribution in [2.75, 3.05) is 7.05 Å². The van der Waals surface area contributed by atoms with Crippen LogP contribution in [-0.2, 0) is 6.18 Å². The third-order valence-electron chi connectivity index (χ3n) is 1.78. The third-order valence-corrected chi connectivity index (χ3v) is 2.10. The van der Waals surface area contributed by atoms with Crippen molar-refractivity contribution in [3.63, 3.8) is 0 Å². The van der Waals surface area contributed by atoms with Gasteiger partial charge in [-0.25, -0.2) is 5.43 Å². The average molecular weight is 253 g/mol. The molecule has 88 valence electrons. The molecule has 0 bridgehead atoms. The Morgan fingerprint density at radius 3 is 2.50 bits per heavy atom. The van der Waals surface area contributed by atoms with Gasteiger partial charge < -0.3 is 0 Å². The molecule has 0 heterocycles. The maximum Gasteiger partial charge on any atom is 0.417 e. The summed E-state index contributed by atoms with van der Waals surface area (Å²) in [6, 6.07) is 3.17. The highest BCUT2D eigenvalue weighted by Gasteiger charge is 2.36. The number of hydrazine groups is 1. The number of halogens is 4. The molecule has 2 N–H and O–H groups in total. The lowest BCUT2D eigenvalue weighted by Crippen LogP contribution is -2.35. The fourth-order valence-electron chi connectivity index (χ4n) is 1.17. The fourth-order valence-corrected chi connectivity index (χ4v) is 1.43. The van der Waals surface area contributed by atoms with E-state index >= 15 is 0 Å². The fraction of sp³-hybridized carbons (Fsp3) is 0.222. The van der Waals surface area contributed by atoms with E-state index in [0.29, 0.717) is 0 Å². The number of carbonyl (C=O) groups excluding carboxylic acids is 1. The lowest BCUT2D eigenvalue weighted by molar-refractivity contribution is -0.137. The number of benzene rings is 1. The molecule has 7 heteroatoms. The van der Waals surface area contributed by atoms with Crippen LogP contribution in [0.4, 0.5) is 13.2 Å². The number of nitrogens with one attached hydrogen (secondary N) is 2. The van der Waals surface area contributed by atoms with Gasteiger partial charge in [-0.3, -0.25) is 10.2 Å². The van der Waals surface area contributed by atoms with Gasteiger partial charge in [0, 0.05) is 7.05 Å². The normalized spacial score (nSPS) is 11.3. The largest absolute Gasteiger partial charge is 0.417 e. The van der Waals surface area contributed by atoms with Crippen LogP contribution in [0, 0.1) is 0 Å². The Kier molecular flexibility index (Phi) is 3.77. The molecule has 0 aliphatic heterocycles. The lowest BCUT2D eigenvalue weighted by atomic mass is 10.1. The molecule has 1 aromatic rings. The van der Waals surface area contributed by atoms with E-state index in [1.54, 1.807) is 0 Å². The molecule has 1 rings (SSSR count). The number of carbonyl (C=O) groups is 1. The van der Waals surface area contributed by atoms with Gasteiger partial charge in [0.1, 0.15) is 0 Å². The first-order chi connectivity index (χ1) is 7.38. The van der Waals surface area contributed by atoms with Gasteiger partial charge in [0.15, 0.2) is 0 Å². The van der Waals surface area contributed by atoms with Crippen LogP contribution in [0.2, 0.25) is 5.02 Å². The Balaban J connectivity index is 3.30. The Morgan fingerprint density at radius 2 is 2.00 bits per heavy atom. The van der Waals surface area contributed by atoms with E-state index in [2.05, 4.69) is 5.43 Å². The molecule has 0 aromatic heterocycles. The zero-order chi connectivity index (χ0) is 12.3. The predicted molar refractivity (Wildman–Crippen MR) is 53.0 cm³/mol. The Bertz CT molecular complexity index is 406. The molecule has 3 nitrogen and oxygen atoms in total. The standard InChI is InChI=1S/C9H8ClF3N2O/c1-14-15-8(16)7-5(9(11,12)13)3-2-4-6(7)10/h2-4,14H,1H3,(H,15,16). The van der Waals surface area contributed by atoms with Crippen molar-refractivity contribution in [1.29, 1.82) is 0 Å². The Labute approximate surface area is 94.6 Å². The van der Waals surface area contributed by atoms with Crippen LogP contribution in [0.15, 0.2) is 18.2 Å². The first kappa shape index (κ1) is 12.8. The summed E-state index contributed by atoms with van der Waals surface area (Å²) in [4.78, 5) is 11.4. The highest BCUT2D eigenvalue weighted by molar-refractivity contribution is 6.34. The SMILES string of the molecule is CNNC(=O)c1c(Cl)cccc1C(F)(F)F. The minimum atomic E-state index is -4.62. The molecule has 0 fully saturated rings. The van der Waals surface area contributed by atoms with Crippen molar-refractivity contribution in [1.82, 2.24) is 10.9 Å². The summed E-state index contributed by atoms with van der Waals surface area (Å²) in [5.74, 6) is -0.930. The minimum Gasteiger partial charge on any atom is -0.288 e. The maximum atomic E-state index is 12.6. The van der Waals surface area contributed by atoms with Crippen LogP contribution in [0.5, 0.6) is 0 Å². The maximum absolute atomic E-state index is 12.6. The van der Waals surface area contributed by atoms with Gasteiger partial charge in [0.05, 0.1) is 16.1 Å².